The summed E-state index contributed by atoms with van der Waals surface area (Å²) in [5.74, 6) is -0.668. The van der Waals surface area contributed by atoms with E-state index in [1.165, 1.54) is 0 Å². The molecule has 6 heteroatoms. The second-order valence-electron chi connectivity index (χ2n) is 5.70. The Labute approximate surface area is 152 Å². The monoisotopic (exact) mass is 358 g/mol. The third kappa shape index (κ3) is 5.68. The number of carbonyl (C=O) groups is 2. The minimum absolute atomic E-state index is 0.120. The van der Waals surface area contributed by atoms with Gasteiger partial charge in [0, 0.05) is 18.6 Å². The van der Waals surface area contributed by atoms with Crippen molar-refractivity contribution in [3.8, 4) is 5.75 Å². The van der Waals surface area contributed by atoms with E-state index in [9.17, 15) is 9.59 Å². The Hall–Kier alpha value is -2.70. The molecule has 0 saturated heterocycles. The summed E-state index contributed by atoms with van der Waals surface area (Å²) in [6, 6.07) is 13.6. The van der Waals surface area contributed by atoms with Crippen molar-refractivity contribution in [1.29, 1.82) is 0 Å². The molecule has 138 valence electrons. The van der Waals surface area contributed by atoms with Crippen LogP contribution in [0.1, 0.15) is 28.4 Å². The van der Waals surface area contributed by atoms with E-state index in [1.807, 2.05) is 0 Å². The molecule has 1 unspecified atom stereocenters. The highest BCUT2D eigenvalue weighted by Gasteiger charge is 2.17. The number of aliphatic hydroxyl groups excluding tert-OH is 1. The molecular formula is C20H22O6. The second kappa shape index (κ2) is 9.70. The molecule has 2 N–H and O–H groups in total. The maximum atomic E-state index is 12.2. The molecule has 0 bridgehead atoms. The van der Waals surface area contributed by atoms with Gasteiger partial charge in [-0.25, -0.2) is 4.79 Å². The van der Waals surface area contributed by atoms with Gasteiger partial charge in [0.2, 0.25) is 0 Å². The Bertz CT molecular complexity index is 738. The zero-order valence-electron chi connectivity index (χ0n) is 14.6. The first kappa shape index (κ1) is 19.6. The summed E-state index contributed by atoms with van der Waals surface area (Å²) in [7, 11) is 0. The van der Waals surface area contributed by atoms with E-state index in [1.54, 1.807) is 55.5 Å². The molecule has 2 aromatic rings. The average molecular weight is 358 g/mol. The van der Waals surface area contributed by atoms with Crippen molar-refractivity contribution in [2.45, 2.75) is 26.1 Å². The van der Waals surface area contributed by atoms with E-state index >= 15 is 0 Å². The van der Waals surface area contributed by atoms with Crippen molar-refractivity contribution in [3.63, 3.8) is 0 Å². The van der Waals surface area contributed by atoms with Crippen LogP contribution >= 0.6 is 0 Å². The molecule has 0 heterocycles. The number of carboxylic acids is 1. The van der Waals surface area contributed by atoms with Gasteiger partial charge in [0.05, 0.1) is 6.61 Å². The molecule has 0 fully saturated rings. The number of rotatable bonds is 10. The molecule has 0 aromatic heterocycles. The van der Waals surface area contributed by atoms with Crippen molar-refractivity contribution >= 4 is 11.8 Å². The molecule has 6 nitrogen and oxygen atoms in total. The molecule has 0 spiro atoms. The molecule has 0 aliphatic rings. The van der Waals surface area contributed by atoms with Crippen LogP contribution in [0, 0.1) is 0 Å². The summed E-state index contributed by atoms with van der Waals surface area (Å²) in [6.45, 7) is 1.84. The van der Waals surface area contributed by atoms with Crippen LogP contribution in [0.15, 0.2) is 48.5 Å². The highest BCUT2D eigenvalue weighted by molar-refractivity contribution is 5.97. The van der Waals surface area contributed by atoms with Crippen LogP contribution in [0.5, 0.6) is 5.75 Å². The van der Waals surface area contributed by atoms with Crippen LogP contribution in [0.3, 0.4) is 0 Å². The van der Waals surface area contributed by atoms with E-state index in [2.05, 4.69) is 0 Å². The number of hydrogen-bond acceptors (Lipinski definition) is 5. The van der Waals surface area contributed by atoms with Crippen LogP contribution in [0.2, 0.25) is 0 Å². The largest absolute Gasteiger partial charge is 0.485 e. The first-order valence-electron chi connectivity index (χ1n) is 8.32. The van der Waals surface area contributed by atoms with Crippen LogP contribution in [-0.2, 0) is 22.6 Å². The van der Waals surface area contributed by atoms with Gasteiger partial charge in [0.1, 0.15) is 5.75 Å². The van der Waals surface area contributed by atoms with Gasteiger partial charge in [-0.05, 0) is 36.2 Å². The summed E-state index contributed by atoms with van der Waals surface area (Å²) in [5.41, 5.74) is 1.96. The van der Waals surface area contributed by atoms with Gasteiger partial charge in [-0.1, -0.05) is 30.3 Å². The van der Waals surface area contributed by atoms with Crippen molar-refractivity contribution < 1.29 is 29.3 Å². The predicted molar refractivity (Wildman–Crippen MR) is 95.4 cm³/mol. The molecule has 2 rings (SSSR count). The fraction of sp³-hybridized carbons (Fsp3) is 0.300. The summed E-state index contributed by atoms with van der Waals surface area (Å²) in [5, 5.41) is 18.2. The summed E-state index contributed by atoms with van der Waals surface area (Å²) >= 11 is 0. The van der Waals surface area contributed by atoms with E-state index in [0.29, 0.717) is 23.5 Å². The van der Waals surface area contributed by atoms with E-state index < -0.39 is 12.1 Å². The minimum atomic E-state index is -0.997. The lowest BCUT2D eigenvalue weighted by Crippen LogP contribution is -2.26. The Morgan fingerprint density at radius 2 is 1.81 bits per heavy atom. The Morgan fingerprint density at radius 3 is 2.42 bits per heavy atom. The lowest BCUT2D eigenvalue weighted by molar-refractivity contribution is -0.149. The van der Waals surface area contributed by atoms with Crippen LogP contribution in [-0.4, -0.2) is 41.3 Å². The quantitative estimate of drug-likeness (QED) is 0.634. The number of Topliss-reactive ketones (excluding diaryl/α,β-unsaturated/α-hetero) is 1. The van der Waals surface area contributed by atoms with Crippen LogP contribution < -0.4 is 4.74 Å². The lowest BCUT2D eigenvalue weighted by atomic mass is 10.1. The smallest absolute Gasteiger partial charge is 0.333 e. The highest BCUT2D eigenvalue weighted by atomic mass is 16.5. The second-order valence-corrected chi connectivity index (χ2v) is 5.70. The zero-order valence-corrected chi connectivity index (χ0v) is 14.6. The van der Waals surface area contributed by atoms with Crippen LogP contribution in [0.25, 0.3) is 0 Å². The number of aliphatic carboxylic acids is 1. The van der Waals surface area contributed by atoms with E-state index in [0.717, 1.165) is 5.56 Å². The maximum absolute atomic E-state index is 12.2. The van der Waals surface area contributed by atoms with Crippen molar-refractivity contribution in [2.24, 2.45) is 0 Å². The maximum Gasteiger partial charge on any atom is 0.333 e. The highest BCUT2D eigenvalue weighted by Crippen LogP contribution is 2.15. The standard InChI is InChI=1S/C20H22O6/c1-2-25-19(20(23)24)11-14-6-8-17(9-7-14)26-13-18(22)16-5-3-4-15(10-16)12-21/h3-10,19,21H,2,11-13H2,1H3,(H,23,24). The van der Waals surface area contributed by atoms with Gasteiger partial charge in [-0.2, -0.15) is 0 Å². The molecule has 26 heavy (non-hydrogen) atoms. The normalized spacial score (nSPS) is 11.8. The number of hydrogen-bond donors (Lipinski definition) is 2. The van der Waals surface area contributed by atoms with Gasteiger partial charge in [0.15, 0.2) is 18.5 Å². The first-order chi connectivity index (χ1) is 12.5. The molecule has 2 aromatic carbocycles. The van der Waals surface area contributed by atoms with Gasteiger partial charge < -0.3 is 19.7 Å². The third-order valence-corrected chi connectivity index (χ3v) is 3.79. The SMILES string of the molecule is CCOC(Cc1ccc(OCC(=O)c2cccc(CO)c2)cc1)C(=O)O. The minimum Gasteiger partial charge on any atom is -0.485 e. The fourth-order valence-corrected chi connectivity index (χ4v) is 2.43. The number of ether oxygens (including phenoxy) is 2. The number of carboxylic acid groups (broad SMARTS) is 1. The molecule has 0 saturated carbocycles. The Kier molecular flexibility index (Phi) is 7.32. The van der Waals surface area contributed by atoms with E-state index in [4.69, 9.17) is 19.7 Å². The number of benzene rings is 2. The molecule has 0 aliphatic heterocycles. The Balaban J connectivity index is 1.92. The molecule has 0 radical (unpaired) electrons. The number of carbonyl (C=O) groups excluding carboxylic acids is 1. The summed E-state index contributed by atoms with van der Waals surface area (Å²) in [6.07, 6.45) is -0.622. The van der Waals surface area contributed by atoms with Crippen molar-refractivity contribution in [3.05, 3.63) is 65.2 Å². The predicted octanol–water partition coefficient (Wildman–Crippen LogP) is 2.47. The molecule has 0 amide bonds. The van der Waals surface area contributed by atoms with Gasteiger partial charge in [0.25, 0.3) is 0 Å². The summed E-state index contributed by atoms with van der Waals surface area (Å²) in [4.78, 5) is 23.3. The van der Waals surface area contributed by atoms with Crippen molar-refractivity contribution in [1.82, 2.24) is 0 Å². The number of ketones is 1. The molecule has 1 atom stereocenters. The Morgan fingerprint density at radius 1 is 1.08 bits per heavy atom. The number of aliphatic hydroxyl groups is 1. The summed E-state index contributed by atoms with van der Waals surface area (Å²) < 4.78 is 10.7. The zero-order chi connectivity index (χ0) is 18.9. The first-order valence-corrected chi connectivity index (χ1v) is 8.32. The van der Waals surface area contributed by atoms with Crippen molar-refractivity contribution in [2.75, 3.05) is 13.2 Å². The van der Waals surface area contributed by atoms with E-state index in [-0.39, 0.29) is 25.4 Å². The van der Waals surface area contributed by atoms with Gasteiger partial charge in [-0.15, -0.1) is 0 Å². The topological polar surface area (TPSA) is 93.1 Å². The van der Waals surface area contributed by atoms with Gasteiger partial charge >= 0.3 is 5.97 Å². The van der Waals surface area contributed by atoms with Gasteiger partial charge in [-0.3, -0.25) is 4.79 Å². The lowest BCUT2D eigenvalue weighted by Gasteiger charge is -2.13. The molecule has 0 aliphatic carbocycles. The fourth-order valence-electron chi connectivity index (χ4n) is 2.43. The molecular weight excluding hydrogens is 336 g/mol. The van der Waals surface area contributed by atoms with Crippen LogP contribution in [0.4, 0.5) is 0 Å². The average Bonchev–Trinajstić information content (AvgIpc) is 2.66. The third-order valence-electron chi connectivity index (χ3n) is 3.79.